The normalized spacial score (nSPS) is 26.3. The Kier molecular flexibility index (Phi) is 1.96. The standard InChI is InChI=1S/C7H11BO4/c9-8(10)6-1-2-7(12-3-6)4-11-5-7/h1,9-10H,2-5H2. The fourth-order valence-corrected chi connectivity index (χ4v) is 1.38. The van der Waals surface area contributed by atoms with Crippen LogP contribution in [0.2, 0.25) is 0 Å². The first-order chi connectivity index (χ1) is 5.72. The molecule has 0 atom stereocenters. The van der Waals surface area contributed by atoms with Gasteiger partial charge < -0.3 is 19.5 Å². The van der Waals surface area contributed by atoms with E-state index in [2.05, 4.69) is 0 Å². The number of ether oxygens (including phenoxy) is 2. The molecule has 1 spiro atoms. The summed E-state index contributed by atoms with van der Waals surface area (Å²) in [4.78, 5) is 0. The van der Waals surface area contributed by atoms with Gasteiger partial charge in [0.25, 0.3) is 0 Å². The monoisotopic (exact) mass is 170 g/mol. The topological polar surface area (TPSA) is 58.9 Å². The van der Waals surface area contributed by atoms with Crippen LogP contribution >= 0.6 is 0 Å². The molecule has 12 heavy (non-hydrogen) atoms. The van der Waals surface area contributed by atoms with E-state index in [0.717, 1.165) is 6.42 Å². The molecular weight excluding hydrogens is 159 g/mol. The largest absolute Gasteiger partial charge is 0.486 e. The van der Waals surface area contributed by atoms with Crippen LogP contribution in [0.4, 0.5) is 0 Å². The fraction of sp³-hybridized carbons (Fsp3) is 0.714. The van der Waals surface area contributed by atoms with E-state index in [4.69, 9.17) is 19.5 Å². The number of rotatable bonds is 1. The maximum absolute atomic E-state index is 8.81. The maximum Gasteiger partial charge on any atom is 0.486 e. The average molecular weight is 170 g/mol. The van der Waals surface area contributed by atoms with Crippen molar-refractivity contribution in [1.82, 2.24) is 0 Å². The van der Waals surface area contributed by atoms with Crippen LogP contribution in [-0.4, -0.2) is 42.6 Å². The lowest BCUT2D eigenvalue weighted by Crippen LogP contribution is -2.53. The van der Waals surface area contributed by atoms with E-state index in [1.165, 1.54) is 0 Å². The Morgan fingerprint density at radius 2 is 2.17 bits per heavy atom. The molecule has 1 fully saturated rings. The molecule has 0 aromatic carbocycles. The van der Waals surface area contributed by atoms with Crippen LogP contribution in [0.5, 0.6) is 0 Å². The highest BCUT2D eigenvalue weighted by Crippen LogP contribution is 2.30. The second-order valence-corrected chi connectivity index (χ2v) is 3.32. The van der Waals surface area contributed by atoms with Crippen molar-refractivity contribution in [3.8, 4) is 0 Å². The minimum absolute atomic E-state index is 0.154. The number of hydrogen-bond acceptors (Lipinski definition) is 4. The van der Waals surface area contributed by atoms with Crippen LogP contribution in [0, 0.1) is 0 Å². The van der Waals surface area contributed by atoms with Gasteiger partial charge in [-0.3, -0.25) is 0 Å². The van der Waals surface area contributed by atoms with E-state index in [1.54, 1.807) is 0 Å². The van der Waals surface area contributed by atoms with E-state index < -0.39 is 7.12 Å². The lowest BCUT2D eigenvalue weighted by molar-refractivity contribution is -0.206. The zero-order chi connectivity index (χ0) is 8.60. The van der Waals surface area contributed by atoms with Crippen molar-refractivity contribution in [2.75, 3.05) is 19.8 Å². The molecule has 1 saturated heterocycles. The summed E-state index contributed by atoms with van der Waals surface area (Å²) in [7, 11) is -1.37. The summed E-state index contributed by atoms with van der Waals surface area (Å²) >= 11 is 0. The van der Waals surface area contributed by atoms with Crippen molar-refractivity contribution < 1.29 is 19.5 Å². The third-order valence-electron chi connectivity index (χ3n) is 2.34. The quantitative estimate of drug-likeness (QED) is 0.501. The Bertz CT molecular complexity index is 209. The predicted octanol–water partition coefficient (Wildman–Crippen LogP) is -0.886. The summed E-state index contributed by atoms with van der Waals surface area (Å²) in [6, 6.07) is 0. The number of hydrogen-bond donors (Lipinski definition) is 2. The SMILES string of the molecule is OB(O)C1=CCC2(COC2)OC1. The highest BCUT2D eigenvalue weighted by atomic mass is 16.6. The van der Waals surface area contributed by atoms with Crippen LogP contribution in [0.15, 0.2) is 11.5 Å². The predicted molar refractivity (Wildman–Crippen MR) is 42.4 cm³/mol. The van der Waals surface area contributed by atoms with E-state index in [0.29, 0.717) is 25.3 Å². The zero-order valence-corrected chi connectivity index (χ0v) is 6.69. The van der Waals surface area contributed by atoms with E-state index in [1.807, 2.05) is 6.08 Å². The third kappa shape index (κ3) is 1.29. The summed E-state index contributed by atoms with van der Waals surface area (Å²) in [6.07, 6.45) is 2.55. The van der Waals surface area contributed by atoms with Gasteiger partial charge in [-0.2, -0.15) is 0 Å². The van der Waals surface area contributed by atoms with Crippen molar-refractivity contribution in [2.45, 2.75) is 12.0 Å². The molecule has 0 amide bonds. The summed E-state index contributed by atoms with van der Waals surface area (Å²) in [5.41, 5.74) is 0.394. The molecule has 5 heteroatoms. The van der Waals surface area contributed by atoms with Gasteiger partial charge in [0.05, 0.1) is 19.8 Å². The van der Waals surface area contributed by atoms with Gasteiger partial charge in [-0.1, -0.05) is 6.08 Å². The lowest BCUT2D eigenvalue weighted by Gasteiger charge is -2.43. The summed E-state index contributed by atoms with van der Waals surface area (Å²) in [5.74, 6) is 0. The fourth-order valence-electron chi connectivity index (χ4n) is 1.38. The molecule has 2 aliphatic rings. The van der Waals surface area contributed by atoms with Crippen molar-refractivity contribution in [3.63, 3.8) is 0 Å². The molecule has 2 N–H and O–H groups in total. The van der Waals surface area contributed by atoms with E-state index in [-0.39, 0.29) is 5.60 Å². The summed E-state index contributed by atoms with van der Waals surface area (Å²) in [5, 5.41) is 17.6. The molecule has 0 aromatic heterocycles. The van der Waals surface area contributed by atoms with Crippen LogP contribution in [0.3, 0.4) is 0 Å². The van der Waals surface area contributed by atoms with Crippen LogP contribution < -0.4 is 0 Å². The second-order valence-electron chi connectivity index (χ2n) is 3.32. The highest BCUT2D eigenvalue weighted by molar-refractivity contribution is 6.50. The van der Waals surface area contributed by atoms with E-state index >= 15 is 0 Å². The van der Waals surface area contributed by atoms with Crippen molar-refractivity contribution >= 4 is 7.12 Å². The Labute approximate surface area is 70.9 Å². The summed E-state index contributed by atoms with van der Waals surface area (Å²) < 4.78 is 10.5. The third-order valence-corrected chi connectivity index (χ3v) is 2.34. The van der Waals surface area contributed by atoms with Crippen molar-refractivity contribution in [2.24, 2.45) is 0 Å². The van der Waals surface area contributed by atoms with Crippen molar-refractivity contribution in [1.29, 1.82) is 0 Å². The van der Waals surface area contributed by atoms with E-state index in [9.17, 15) is 0 Å². The second kappa shape index (κ2) is 2.85. The highest BCUT2D eigenvalue weighted by Gasteiger charge is 2.41. The Balaban J connectivity index is 1.99. The van der Waals surface area contributed by atoms with Gasteiger partial charge >= 0.3 is 7.12 Å². The molecule has 4 nitrogen and oxygen atoms in total. The molecule has 0 saturated carbocycles. The van der Waals surface area contributed by atoms with Gasteiger partial charge in [-0.05, 0) is 11.9 Å². The van der Waals surface area contributed by atoms with Gasteiger partial charge in [-0.15, -0.1) is 0 Å². The molecule has 0 radical (unpaired) electrons. The molecule has 0 unspecified atom stereocenters. The van der Waals surface area contributed by atoms with Crippen LogP contribution in [-0.2, 0) is 9.47 Å². The molecule has 66 valence electrons. The summed E-state index contributed by atoms with van der Waals surface area (Å²) in [6.45, 7) is 1.55. The first-order valence-corrected chi connectivity index (χ1v) is 3.99. The molecular formula is C7H11BO4. The molecule has 2 rings (SSSR count). The van der Waals surface area contributed by atoms with Crippen LogP contribution in [0.25, 0.3) is 0 Å². The first kappa shape index (κ1) is 8.25. The Hall–Kier alpha value is -0.355. The van der Waals surface area contributed by atoms with Gasteiger partial charge in [0.15, 0.2) is 0 Å². The van der Waals surface area contributed by atoms with Gasteiger partial charge in [-0.25, -0.2) is 0 Å². The smallest absolute Gasteiger partial charge is 0.423 e. The Morgan fingerprint density at radius 3 is 2.50 bits per heavy atom. The van der Waals surface area contributed by atoms with Crippen molar-refractivity contribution in [3.05, 3.63) is 11.5 Å². The maximum atomic E-state index is 8.81. The molecule has 0 aliphatic carbocycles. The lowest BCUT2D eigenvalue weighted by atomic mass is 9.76. The molecule has 0 aromatic rings. The average Bonchev–Trinajstić information content (AvgIpc) is 2.02. The van der Waals surface area contributed by atoms with Gasteiger partial charge in [0.1, 0.15) is 5.60 Å². The minimum Gasteiger partial charge on any atom is -0.423 e. The Morgan fingerprint density at radius 1 is 1.42 bits per heavy atom. The molecule has 2 aliphatic heterocycles. The minimum atomic E-state index is -1.37. The molecule has 2 heterocycles. The zero-order valence-electron chi connectivity index (χ0n) is 6.69. The van der Waals surface area contributed by atoms with Gasteiger partial charge in [0, 0.05) is 0 Å². The van der Waals surface area contributed by atoms with Crippen LogP contribution in [0.1, 0.15) is 6.42 Å². The van der Waals surface area contributed by atoms with Gasteiger partial charge in [0.2, 0.25) is 0 Å². The first-order valence-electron chi connectivity index (χ1n) is 3.99. The molecule has 0 bridgehead atoms.